The summed E-state index contributed by atoms with van der Waals surface area (Å²) in [6.45, 7) is 0.728. The molecule has 0 saturated carbocycles. The van der Waals surface area contributed by atoms with Crippen LogP contribution in [0.3, 0.4) is 0 Å². The molecule has 0 radical (unpaired) electrons. The Kier molecular flexibility index (Phi) is 3.70. The number of rotatable bonds is 2. The zero-order chi connectivity index (χ0) is 18.5. The van der Waals surface area contributed by atoms with Gasteiger partial charge < -0.3 is 4.90 Å². The fourth-order valence-electron chi connectivity index (χ4n) is 4.59. The van der Waals surface area contributed by atoms with Crippen molar-refractivity contribution in [2.75, 3.05) is 11.9 Å². The maximum absolute atomic E-state index is 13.2. The summed E-state index contributed by atoms with van der Waals surface area (Å²) in [6, 6.07) is 1.89. The highest BCUT2D eigenvalue weighted by Crippen LogP contribution is 2.39. The van der Waals surface area contributed by atoms with E-state index in [0.717, 1.165) is 38.0 Å². The molecular weight excluding hydrogens is 344 g/mol. The van der Waals surface area contributed by atoms with E-state index in [0.29, 0.717) is 0 Å². The number of amides is 1. The Morgan fingerprint density at radius 1 is 1.11 bits per heavy atom. The first-order chi connectivity index (χ1) is 13.1. The van der Waals surface area contributed by atoms with Gasteiger partial charge in [0.25, 0.3) is 5.91 Å². The average molecular weight is 368 g/mol. The van der Waals surface area contributed by atoms with Gasteiger partial charge in [-0.3, -0.25) is 19.4 Å². The molecular formula is C18H24N8O. The standard InChI is InChI=1S/C18H24N8O/c1-22-11-13(10-20-22)14-4-3-5-17-24(12-21-26(14)17)15-7-9-25-16(6-8-19-25)23(2)18(15)27/h6,8,10-12,14-15,17H,3-5,7,9H2,1-2H3/t14?,15-,17?/m0/s1. The van der Waals surface area contributed by atoms with Crippen LogP contribution in [-0.2, 0) is 18.4 Å². The Morgan fingerprint density at radius 3 is 2.81 bits per heavy atom. The van der Waals surface area contributed by atoms with Crippen LogP contribution in [0.15, 0.2) is 29.8 Å². The van der Waals surface area contributed by atoms with E-state index < -0.39 is 0 Å². The van der Waals surface area contributed by atoms with Crippen LogP contribution in [-0.4, -0.2) is 61.0 Å². The SMILES string of the molecule is CN1C(=O)[C@@H](N2C=NN3C(c4cnn(C)c4)CCCC32)CCn2nccc21. The normalized spacial score (nSPS) is 27.7. The van der Waals surface area contributed by atoms with Crippen LogP contribution < -0.4 is 4.90 Å². The summed E-state index contributed by atoms with van der Waals surface area (Å²) in [5.41, 5.74) is 1.19. The first kappa shape index (κ1) is 16.3. The molecule has 1 fully saturated rings. The van der Waals surface area contributed by atoms with Crippen LogP contribution in [0.1, 0.15) is 37.3 Å². The van der Waals surface area contributed by atoms with E-state index in [1.165, 1.54) is 5.56 Å². The van der Waals surface area contributed by atoms with Crippen molar-refractivity contribution in [3.63, 3.8) is 0 Å². The second-order valence-electron chi connectivity index (χ2n) is 7.55. The van der Waals surface area contributed by atoms with E-state index in [4.69, 9.17) is 5.10 Å². The van der Waals surface area contributed by atoms with Crippen molar-refractivity contribution in [2.24, 2.45) is 12.1 Å². The van der Waals surface area contributed by atoms with Gasteiger partial charge in [0.15, 0.2) is 0 Å². The molecule has 0 aromatic carbocycles. The summed E-state index contributed by atoms with van der Waals surface area (Å²) in [5.74, 6) is 0.957. The predicted octanol–water partition coefficient (Wildman–Crippen LogP) is 1.16. The number of fused-ring (bicyclic) bond motifs is 2. The monoisotopic (exact) mass is 368 g/mol. The molecule has 0 aliphatic carbocycles. The molecule has 9 nitrogen and oxygen atoms in total. The number of hydrogen-bond donors (Lipinski definition) is 0. The second-order valence-corrected chi connectivity index (χ2v) is 7.55. The van der Waals surface area contributed by atoms with Crippen molar-refractivity contribution < 1.29 is 4.79 Å². The van der Waals surface area contributed by atoms with Crippen LogP contribution in [0.4, 0.5) is 5.82 Å². The molecule has 1 amide bonds. The zero-order valence-electron chi connectivity index (χ0n) is 15.6. The largest absolute Gasteiger partial charge is 0.327 e. The van der Waals surface area contributed by atoms with E-state index in [2.05, 4.69) is 26.3 Å². The van der Waals surface area contributed by atoms with Gasteiger partial charge in [-0.1, -0.05) is 0 Å². The fourth-order valence-corrected chi connectivity index (χ4v) is 4.59. The third-order valence-electron chi connectivity index (χ3n) is 5.96. The quantitative estimate of drug-likeness (QED) is 0.795. The van der Waals surface area contributed by atoms with Gasteiger partial charge in [0.05, 0.1) is 18.4 Å². The third kappa shape index (κ3) is 2.52. The minimum atomic E-state index is -0.219. The summed E-state index contributed by atoms with van der Waals surface area (Å²) >= 11 is 0. The molecule has 0 bridgehead atoms. The topological polar surface area (TPSA) is 74.8 Å². The molecule has 3 aliphatic heterocycles. The van der Waals surface area contributed by atoms with Crippen LogP contribution in [0.25, 0.3) is 0 Å². The van der Waals surface area contributed by atoms with Crippen molar-refractivity contribution >= 4 is 18.1 Å². The van der Waals surface area contributed by atoms with Crippen LogP contribution >= 0.6 is 0 Å². The van der Waals surface area contributed by atoms with Crippen LogP contribution in [0.2, 0.25) is 0 Å². The number of carbonyl (C=O) groups excluding carboxylic acids is 1. The van der Waals surface area contributed by atoms with E-state index in [1.807, 2.05) is 42.1 Å². The smallest absolute Gasteiger partial charge is 0.250 e. The number of likely N-dealkylation sites (N-methyl/N-ethyl adjacent to an activating group) is 1. The van der Waals surface area contributed by atoms with Crippen molar-refractivity contribution in [3.8, 4) is 0 Å². The van der Waals surface area contributed by atoms with Crippen molar-refractivity contribution in [1.29, 1.82) is 0 Å². The number of nitrogens with zero attached hydrogens (tertiary/aromatic N) is 8. The lowest BCUT2D eigenvalue weighted by Gasteiger charge is -2.41. The molecule has 1 saturated heterocycles. The molecule has 9 heteroatoms. The highest BCUT2D eigenvalue weighted by Gasteiger charge is 2.43. The van der Waals surface area contributed by atoms with E-state index in [-0.39, 0.29) is 24.2 Å². The Bertz CT molecular complexity index is 886. The Labute approximate surface area is 157 Å². The summed E-state index contributed by atoms with van der Waals surface area (Å²) in [7, 11) is 3.77. The van der Waals surface area contributed by atoms with Gasteiger partial charge in [0.1, 0.15) is 24.4 Å². The Hall–Kier alpha value is -2.84. The van der Waals surface area contributed by atoms with Gasteiger partial charge in [0.2, 0.25) is 0 Å². The van der Waals surface area contributed by atoms with Gasteiger partial charge in [0, 0.05) is 38.5 Å². The molecule has 142 valence electrons. The number of aromatic nitrogens is 4. The average Bonchev–Trinajstić information content (AvgIpc) is 3.39. The van der Waals surface area contributed by atoms with E-state index in [9.17, 15) is 4.79 Å². The summed E-state index contributed by atoms with van der Waals surface area (Å²) in [6.07, 6.45) is 11.6. The van der Waals surface area contributed by atoms with Crippen molar-refractivity contribution in [1.82, 2.24) is 29.5 Å². The molecule has 5 heterocycles. The predicted molar refractivity (Wildman–Crippen MR) is 99.8 cm³/mol. The summed E-state index contributed by atoms with van der Waals surface area (Å²) in [5, 5.41) is 15.5. The first-order valence-corrected chi connectivity index (χ1v) is 9.51. The maximum atomic E-state index is 13.2. The fraction of sp³-hybridized carbons (Fsp3) is 0.556. The number of aryl methyl sites for hydroxylation is 2. The van der Waals surface area contributed by atoms with Gasteiger partial charge in [-0.2, -0.15) is 15.3 Å². The lowest BCUT2D eigenvalue weighted by molar-refractivity contribution is -0.124. The second kappa shape index (κ2) is 6.11. The molecule has 0 spiro atoms. The van der Waals surface area contributed by atoms with Crippen molar-refractivity contribution in [2.45, 2.75) is 50.5 Å². The Morgan fingerprint density at radius 2 is 2.00 bits per heavy atom. The molecule has 27 heavy (non-hydrogen) atoms. The summed E-state index contributed by atoms with van der Waals surface area (Å²) < 4.78 is 3.74. The zero-order valence-corrected chi connectivity index (χ0v) is 15.6. The van der Waals surface area contributed by atoms with Crippen LogP contribution in [0, 0.1) is 0 Å². The molecule has 2 unspecified atom stereocenters. The number of hydrogen-bond acceptors (Lipinski definition) is 6. The van der Waals surface area contributed by atoms with Crippen LogP contribution in [0.5, 0.6) is 0 Å². The molecule has 2 aromatic heterocycles. The molecule has 3 aliphatic rings. The molecule has 0 N–H and O–H groups in total. The third-order valence-corrected chi connectivity index (χ3v) is 5.96. The number of anilines is 1. The number of piperidine rings is 1. The van der Waals surface area contributed by atoms with E-state index >= 15 is 0 Å². The van der Waals surface area contributed by atoms with E-state index in [1.54, 1.807) is 11.1 Å². The summed E-state index contributed by atoms with van der Waals surface area (Å²) in [4.78, 5) is 17.1. The lowest BCUT2D eigenvalue weighted by atomic mass is 9.96. The molecule has 5 rings (SSSR count). The van der Waals surface area contributed by atoms with Gasteiger partial charge >= 0.3 is 0 Å². The van der Waals surface area contributed by atoms with Gasteiger partial charge in [-0.05, 0) is 25.7 Å². The van der Waals surface area contributed by atoms with Gasteiger partial charge in [-0.25, -0.2) is 4.68 Å². The highest BCUT2D eigenvalue weighted by molar-refractivity contribution is 5.97. The Balaban J connectivity index is 1.40. The number of carbonyl (C=O) groups is 1. The number of hydrazone groups is 1. The molecule has 3 atom stereocenters. The van der Waals surface area contributed by atoms with Gasteiger partial charge in [-0.15, -0.1) is 0 Å². The highest BCUT2D eigenvalue weighted by atomic mass is 16.2. The minimum Gasteiger partial charge on any atom is -0.327 e. The molecule has 2 aromatic rings. The van der Waals surface area contributed by atoms with Crippen molar-refractivity contribution in [3.05, 3.63) is 30.2 Å². The lowest BCUT2D eigenvalue weighted by Crippen LogP contribution is -2.53. The minimum absolute atomic E-state index is 0.103. The maximum Gasteiger partial charge on any atom is 0.250 e. The first-order valence-electron chi connectivity index (χ1n) is 9.51.